The Morgan fingerprint density at radius 3 is 1.29 bits per heavy atom. The molecule has 0 rings (SSSR count). The van der Waals surface area contributed by atoms with Crippen molar-refractivity contribution in [2.75, 3.05) is 6.61 Å². The van der Waals surface area contributed by atoms with Gasteiger partial charge in [0.15, 0.2) is 0 Å². The Kier molecular flexibility index (Phi) is 46.1. The number of allylic oxidation sites excluding steroid dienone is 4. The molecule has 0 aromatic carbocycles. The SMILES string of the molecule is CCCCCCCCC/C=C/C=C/CCCC(CC(=O)NC(CO)C(O)CCCCCCCCCCCCCC)OC(=O)CCCCCCCCCCCCCCCC. The highest BCUT2D eigenvalue weighted by molar-refractivity contribution is 5.77. The maximum Gasteiger partial charge on any atom is 0.306 e. The maximum atomic E-state index is 13.2. The summed E-state index contributed by atoms with van der Waals surface area (Å²) in [6.07, 6.45) is 53.8. The van der Waals surface area contributed by atoms with Crippen LogP contribution in [0.4, 0.5) is 0 Å². The summed E-state index contributed by atoms with van der Waals surface area (Å²) in [6, 6.07) is -0.710. The number of rotatable bonds is 47. The first-order chi connectivity index (χ1) is 29.0. The molecule has 0 aliphatic rings. The van der Waals surface area contributed by atoms with Gasteiger partial charge in [-0.3, -0.25) is 9.59 Å². The molecule has 0 radical (unpaired) electrons. The van der Waals surface area contributed by atoms with Crippen molar-refractivity contribution in [1.29, 1.82) is 0 Å². The number of aliphatic hydroxyl groups is 2. The van der Waals surface area contributed by atoms with Crippen LogP contribution in [0.15, 0.2) is 24.3 Å². The van der Waals surface area contributed by atoms with Gasteiger partial charge >= 0.3 is 5.97 Å². The average Bonchev–Trinajstić information content (AvgIpc) is 3.23. The summed E-state index contributed by atoms with van der Waals surface area (Å²) in [6.45, 7) is 6.48. The molecule has 0 aliphatic carbocycles. The molecule has 3 unspecified atom stereocenters. The van der Waals surface area contributed by atoms with E-state index in [2.05, 4.69) is 50.4 Å². The van der Waals surface area contributed by atoms with E-state index in [4.69, 9.17) is 4.74 Å². The second-order valence-corrected chi connectivity index (χ2v) is 18.0. The second-order valence-electron chi connectivity index (χ2n) is 18.0. The standard InChI is InChI=1S/C53H101NO5/c1-4-7-10-13-16-19-22-25-27-29-32-35-38-41-44-49(59-53(58)46-43-40-37-34-31-28-26-23-20-17-14-11-8-5-2)47-52(57)54-50(48-55)51(56)45-42-39-36-33-30-24-21-18-15-12-9-6-3/h27,29,32,35,49-51,55-56H,4-26,28,30-31,33-34,36-48H2,1-3H3,(H,54,57)/b29-27+,35-32+. The summed E-state index contributed by atoms with van der Waals surface area (Å²) >= 11 is 0. The fraction of sp³-hybridized carbons (Fsp3) is 0.887. The first-order valence-electron chi connectivity index (χ1n) is 26.1. The van der Waals surface area contributed by atoms with Crippen LogP contribution in [-0.4, -0.2) is 46.9 Å². The minimum atomic E-state index is -0.794. The van der Waals surface area contributed by atoms with Crippen LogP contribution in [0.25, 0.3) is 0 Å². The highest BCUT2D eigenvalue weighted by atomic mass is 16.5. The molecule has 0 aromatic heterocycles. The molecule has 3 N–H and O–H groups in total. The van der Waals surface area contributed by atoms with E-state index >= 15 is 0 Å². The Hall–Kier alpha value is -1.66. The van der Waals surface area contributed by atoms with E-state index in [1.54, 1.807) is 0 Å². The van der Waals surface area contributed by atoms with Crippen molar-refractivity contribution in [2.45, 2.75) is 296 Å². The molecule has 59 heavy (non-hydrogen) atoms. The lowest BCUT2D eigenvalue weighted by Gasteiger charge is -2.24. The van der Waals surface area contributed by atoms with Crippen molar-refractivity contribution in [2.24, 2.45) is 0 Å². The first-order valence-corrected chi connectivity index (χ1v) is 26.1. The van der Waals surface area contributed by atoms with Crippen LogP contribution in [0.1, 0.15) is 278 Å². The predicted octanol–water partition coefficient (Wildman–Crippen LogP) is 15.5. The van der Waals surface area contributed by atoms with E-state index in [1.807, 2.05) is 0 Å². The fourth-order valence-corrected chi connectivity index (χ4v) is 8.08. The zero-order valence-corrected chi connectivity index (χ0v) is 39.7. The molecule has 0 saturated heterocycles. The molecule has 6 heteroatoms. The van der Waals surface area contributed by atoms with E-state index in [9.17, 15) is 19.8 Å². The summed E-state index contributed by atoms with van der Waals surface area (Å²) in [5.41, 5.74) is 0. The van der Waals surface area contributed by atoms with Gasteiger partial charge in [0.2, 0.25) is 5.91 Å². The highest BCUT2D eigenvalue weighted by Crippen LogP contribution is 2.18. The summed E-state index contributed by atoms with van der Waals surface area (Å²) in [7, 11) is 0. The van der Waals surface area contributed by atoms with Crippen molar-refractivity contribution < 1.29 is 24.5 Å². The molecule has 0 fully saturated rings. The summed E-state index contributed by atoms with van der Waals surface area (Å²) in [5, 5.41) is 23.7. The fourth-order valence-electron chi connectivity index (χ4n) is 8.08. The van der Waals surface area contributed by atoms with Crippen LogP contribution >= 0.6 is 0 Å². The zero-order chi connectivity index (χ0) is 43.1. The van der Waals surface area contributed by atoms with Gasteiger partial charge in [-0.2, -0.15) is 0 Å². The van der Waals surface area contributed by atoms with Crippen molar-refractivity contribution in [3.63, 3.8) is 0 Å². The number of aliphatic hydroxyl groups excluding tert-OH is 2. The second kappa shape index (κ2) is 47.4. The number of carbonyl (C=O) groups excluding carboxylic acids is 2. The molecule has 6 nitrogen and oxygen atoms in total. The summed E-state index contributed by atoms with van der Waals surface area (Å²) < 4.78 is 5.91. The smallest absolute Gasteiger partial charge is 0.306 e. The number of nitrogens with one attached hydrogen (secondary N) is 1. The lowest BCUT2D eigenvalue weighted by atomic mass is 10.0. The van der Waals surface area contributed by atoms with E-state index in [0.29, 0.717) is 19.3 Å². The maximum absolute atomic E-state index is 13.2. The number of carbonyl (C=O) groups is 2. The third kappa shape index (κ3) is 42.8. The van der Waals surface area contributed by atoms with Crippen LogP contribution in [0, 0.1) is 0 Å². The van der Waals surface area contributed by atoms with Crippen molar-refractivity contribution >= 4 is 11.9 Å². The van der Waals surface area contributed by atoms with E-state index < -0.39 is 18.2 Å². The minimum Gasteiger partial charge on any atom is -0.462 e. The lowest BCUT2D eigenvalue weighted by Crippen LogP contribution is -2.46. The number of hydrogen-bond acceptors (Lipinski definition) is 5. The average molecular weight is 832 g/mol. The van der Waals surface area contributed by atoms with Crippen molar-refractivity contribution in [3.8, 4) is 0 Å². The van der Waals surface area contributed by atoms with Crippen LogP contribution < -0.4 is 5.32 Å². The molecule has 0 bridgehead atoms. The molecular weight excluding hydrogens is 731 g/mol. The molecule has 1 amide bonds. The summed E-state index contributed by atoms with van der Waals surface area (Å²) in [5.74, 6) is -0.507. The number of hydrogen-bond donors (Lipinski definition) is 3. The quantitative estimate of drug-likeness (QED) is 0.0322. The summed E-state index contributed by atoms with van der Waals surface area (Å²) in [4.78, 5) is 26.1. The third-order valence-electron chi connectivity index (χ3n) is 12.1. The molecular formula is C53H101NO5. The zero-order valence-electron chi connectivity index (χ0n) is 39.7. The number of amides is 1. The van der Waals surface area contributed by atoms with E-state index in [-0.39, 0.29) is 24.9 Å². The monoisotopic (exact) mass is 832 g/mol. The number of esters is 1. The van der Waals surface area contributed by atoms with Gasteiger partial charge in [-0.15, -0.1) is 0 Å². The van der Waals surface area contributed by atoms with E-state index in [0.717, 1.165) is 57.8 Å². The van der Waals surface area contributed by atoms with Crippen LogP contribution in [-0.2, 0) is 14.3 Å². The Morgan fingerprint density at radius 1 is 0.492 bits per heavy atom. The first kappa shape index (κ1) is 57.3. The van der Waals surface area contributed by atoms with Gasteiger partial charge in [0.1, 0.15) is 6.10 Å². The lowest BCUT2D eigenvalue weighted by molar-refractivity contribution is -0.151. The van der Waals surface area contributed by atoms with Gasteiger partial charge in [0.25, 0.3) is 0 Å². The van der Waals surface area contributed by atoms with Crippen LogP contribution in [0.5, 0.6) is 0 Å². The number of unbranched alkanes of at least 4 members (excludes halogenated alkanes) is 32. The normalized spacial score (nSPS) is 13.4. The molecule has 0 spiro atoms. The van der Waals surface area contributed by atoms with Gasteiger partial charge in [0.05, 0.1) is 25.2 Å². The largest absolute Gasteiger partial charge is 0.462 e. The molecule has 0 saturated carbocycles. The van der Waals surface area contributed by atoms with Crippen molar-refractivity contribution in [3.05, 3.63) is 24.3 Å². The van der Waals surface area contributed by atoms with Gasteiger partial charge in [0, 0.05) is 6.42 Å². The molecule has 3 atom stereocenters. The van der Waals surface area contributed by atoms with Crippen molar-refractivity contribution in [1.82, 2.24) is 5.32 Å². The van der Waals surface area contributed by atoms with Gasteiger partial charge in [-0.25, -0.2) is 0 Å². The Morgan fingerprint density at radius 2 is 0.864 bits per heavy atom. The molecule has 348 valence electrons. The van der Waals surface area contributed by atoms with Crippen LogP contribution in [0.3, 0.4) is 0 Å². The van der Waals surface area contributed by atoms with Crippen LogP contribution in [0.2, 0.25) is 0 Å². The molecule has 0 aromatic rings. The minimum absolute atomic E-state index is 0.0500. The Labute approximate surface area is 367 Å². The predicted molar refractivity (Wildman–Crippen MR) is 255 cm³/mol. The van der Waals surface area contributed by atoms with Gasteiger partial charge in [-0.1, -0.05) is 244 Å². The van der Waals surface area contributed by atoms with Gasteiger partial charge in [-0.05, 0) is 44.9 Å². The molecule has 0 heterocycles. The third-order valence-corrected chi connectivity index (χ3v) is 12.1. The highest BCUT2D eigenvalue weighted by Gasteiger charge is 2.24. The molecule has 0 aliphatic heterocycles. The Balaban J connectivity index is 4.61. The van der Waals surface area contributed by atoms with E-state index in [1.165, 1.54) is 173 Å². The van der Waals surface area contributed by atoms with Gasteiger partial charge < -0.3 is 20.3 Å². The number of ether oxygens (including phenoxy) is 1. The topological polar surface area (TPSA) is 95.9 Å². The Bertz CT molecular complexity index is 935.